The van der Waals surface area contributed by atoms with Crippen molar-refractivity contribution in [1.29, 1.82) is 0 Å². The van der Waals surface area contributed by atoms with Gasteiger partial charge in [-0.3, -0.25) is 4.79 Å². The van der Waals surface area contributed by atoms with Gasteiger partial charge in [-0.25, -0.2) is 4.98 Å². The van der Waals surface area contributed by atoms with Gasteiger partial charge in [0, 0.05) is 25.9 Å². The number of carbonyl (C=O) groups is 1. The standard InChI is InChI=1S/C15H11Cl2IN2O/c1-9-6-12(18)8-19-15(9)20-14(21)5-3-10-2-4-11(16)7-13(10)17/h2-8H,1H3,(H,19,20,21)/b5-3+. The first kappa shape index (κ1) is 16.3. The second kappa shape index (κ2) is 7.24. The van der Waals surface area contributed by atoms with Crippen LogP contribution in [0.4, 0.5) is 5.82 Å². The van der Waals surface area contributed by atoms with Crippen LogP contribution in [0.3, 0.4) is 0 Å². The minimum Gasteiger partial charge on any atom is -0.307 e. The fourth-order valence-electron chi connectivity index (χ4n) is 1.63. The van der Waals surface area contributed by atoms with Crippen LogP contribution < -0.4 is 5.32 Å². The Morgan fingerprint density at radius 1 is 1.33 bits per heavy atom. The normalized spacial score (nSPS) is 10.9. The second-order valence-electron chi connectivity index (χ2n) is 4.31. The molecule has 0 bridgehead atoms. The van der Waals surface area contributed by atoms with E-state index in [0.29, 0.717) is 15.9 Å². The highest BCUT2D eigenvalue weighted by Gasteiger charge is 2.04. The lowest BCUT2D eigenvalue weighted by atomic mass is 10.2. The summed E-state index contributed by atoms with van der Waals surface area (Å²) in [5.41, 5.74) is 1.64. The molecule has 0 unspecified atom stereocenters. The van der Waals surface area contributed by atoms with Gasteiger partial charge in [0.1, 0.15) is 5.82 Å². The van der Waals surface area contributed by atoms with Crippen molar-refractivity contribution in [2.24, 2.45) is 0 Å². The first-order chi connectivity index (χ1) is 9.95. The minimum atomic E-state index is -0.266. The van der Waals surface area contributed by atoms with E-state index in [1.165, 1.54) is 6.08 Å². The summed E-state index contributed by atoms with van der Waals surface area (Å²) in [7, 11) is 0. The molecule has 21 heavy (non-hydrogen) atoms. The molecule has 108 valence electrons. The molecule has 0 aliphatic carbocycles. The highest BCUT2D eigenvalue weighted by Crippen LogP contribution is 2.22. The number of hydrogen-bond acceptors (Lipinski definition) is 2. The van der Waals surface area contributed by atoms with E-state index in [-0.39, 0.29) is 5.91 Å². The van der Waals surface area contributed by atoms with E-state index in [1.807, 2.05) is 13.0 Å². The molecular weight excluding hydrogens is 422 g/mol. The molecule has 0 atom stereocenters. The van der Waals surface area contributed by atoms with Crippen molar-refractivity contribution in [2.75, 3.05) is 5.32 Å². The smallest absolute Gasteiger partial charge is 0.249 e. The summed E-state index contributed by atoms with van der Waals surface area (Å²) in [6.07, 6.45) is 4.74. The zero-order chi connectivity index (χ0) is 15.4. The largest absolute Gasteiger partial charge is 0.307 e. The molecule has 1 N–H and O–H groups in total. The molecule has 6 heteroatoms. The number of pyridine rings is 1. The summed E-state index contributed by atoms with van der Waals surface area (Å²) in [6, 6.07) is 7.05. The van der Waals surface area contributed by atoms with Gasteiger partial charge in [-0.1, -0.05) is 29.3 Å². The number of anilines is 1. The Morgan fingerprint density at radius 3 is 2.76 bits per heavy atom. The number of rotatable bonds is 3. The Hall–Kier alpha value is -1.11. The second-order valence-corrected chi connectivity index (χ2v) is 6.40. The molecule has 0 fully saturated rings. The number of aromatic nitrogens is 1. The van der Waals surface area contributed by atoms with E-state index in [0.717, 1.165) is 14.7 Å². The fraction of sp³-hybridized carbons (Fsp3) is 0.0667. The summed E-state index contributed by atoms with van der Waals surface area (Å²) in [5.74, 6) is 0.282. The minimum absolute atomic E-state index is 0.266. The lowest BCUT2D eigenvalue weighted by molar-refractivity contribution is -0.111. The molecule has 1 heterocycles. The maximum atomic E-state index is 11.9. The van der Waals surface area contributed by atoms with E-state index in [1.54, 1.807) is 30.5 Å². The molecule has 0 saturated carbocycles. The van der Waals surface area contributed by atoms with Crippen LogP contribution in [0.2, 0.25) is 10.0 Å². The summed E-state index contributed by atoms with van der Waals surface area (Å²) in [4.78, 5) is 16.1. The van der Waals surface area contributed by atoms with Crippen LogP contribution in [-0.2, 0) is 4.79 Å². The van der Waals surface area contributed by atoms with Crippen molar-refractivity contribution in [1.82, 2.24) is 4.98 Å². The molecule has 1 amide bonds. The van der Waals surface area contributed by atoms with Crippen LogP contribution in [0.1, 0.15) is 11.1 Å². The lowest BCUT2D eigenvalue weighted by Crippen LogP contribution is -2.10. The van der Waals surface area contributed by atoms with Crippen molar-refractivity contribution >= 4 is 63.6 Å². The Bertz CT molecular complexity index is 717. The van der Waals surface area contributed by atoms with E-state index in [2.05, 4.69) is 32.9 Å². The van der Waals surface area contributed by atoms with Crippen molar-refractivity contribution in [2.45, 2.75) is 6.92 Å². The highest BCUT2D eigenvalue weighted by atomic mass is 127. The van der Waals surface area contributed by atoms with E-state index in [9.17, 15) is 4.79 Å². The van der Waals surface area contributed by atoms with Gasteiger partial charge >= 0.3 is 0 Å². The fourth-order valence-corrected chi connectivity index (χ4v) is 2.71. The zero-order valence-corrected chi connectivity index (χ0v) is 14.7. The van der Waals surface area contributed by atoms with Gasteiger partial charge in [0.25, 0.3) is 0 Å². The maximum absolute atomic E-state index is 11.9. The lowest BCUT2D eigenvalue weighted by Gasteiger charge is -2.05. The average molecular weight is 433 g/mol. The third-order valence-corrected chi connectivity index (χ3v) is 3.82. The third kappa shape index (κ3) is 4.69. The molecule has 2 rings (SSSR count). The van der Waals surface area contributed by atoms with Crippen molar-refractivity contribution in [3.8, 4) is 0 Å². The van der Waals surface area contributed by atoms with Gasteiger partial charge in [-0.05, 0) is 64.9 Å². The summed E-state index contributed by atoms with van der Waals surface area (Å²) >= 11 is 14.0. The molecule has 1 aromatic heterocycles. The number of halogens is 3. The molecule has 3 nitrogen and oxygen atoms in total. The van der Waals surface area contributed by atoms with Crippen LogP contribution in [0.5, 0.6) is 0 Å². The van der Waals surface area contributed by atoms with Crippen LogP contribution in [0.25, 0.3) is 6.08 Å². The van der Waals surface area contributed by atoms with Crippen LogP contribution in [0, 0.1) is 10.5 Å². The quantitative estimate of drug-likeness (QED) is 0.550. The van der Waals surface area contributed by atoms with Gasteiger partial charge in [0.2, 0.25) is 5.91 Å². The molecule has 0 aliphatic heterocycles. The highest BCUT2D eigenvalue weighted by molar-refractivity contribution is 14.1. The summed E-state index contributed by atoms with van der Waals surface area (Å²) in [6.45, 7) is 1.89. The molecule has 0 radical (unpaired) electrons. The summed E-state index contributed by atoms with van der Waals surface area (Å²) < 4.78 is 1.02. The number of benzene rings is 1. The molecule has 0 saturated heterocycles. The van der Waals surface area contributed by atoms with Gasteiger partial charge in [0.15, 0.2) is 0 Å². The number of nitrogens with zero attached hydrogens (tertiary/aromatic N) is 1. The maximum Gasteiger partial charge on any atom is 0.249 e. The number of hydrogen-bond donors (Lipinski definition) is 1. The number of carbonyl (C=O) groups excluding carboxylic acids is 1. The number of aryl methyl sites for hydroxylation is 1. The third-order valence-electron chi connectivity index (χ3n) is 2.66. The molecular formula is C15H11Cl2IN2O. The van der Waals surface area contributed by atoms with Gasteiger partial charge in [-0.15, -0.1) is 0 Å². The first-order valence-electron chi connectivity index (χ1n) is 6.02. The van der Waals surface area contributed by atoms with Crippen LogP contribution >= 0.6 is 45.8 Å². The van der Waals surface area contributed by atoms with Crippen LogP contribution in [0.15, 0.2) is 36.5 Å². The van der Waals surface area contributed by atoms with Crippen molar-refractivity contribution in [3.05, 3.63) is 61.3 Å². The Balaban J connectivity index is 2.09. The predicted octanol–water partition coefficient (Wildman–Crippen LogP) is 4.95. The van der Waals surface area contributed by atoms with E-state index >= 15 is 0 Å². The Labute approximate surface area is 146 Å². The molecule has 0 spiro atoms. The molecule has 0 aliphatic rings. The average Bonchev–Trinajstić information content (AvgIpc) is 2.41. The molecule has 2 aromatic rings. The van der Waals surface area contributed by atoms with Crippen molar-refractivity contribution < 1.29 is 4.79 Å². The molecule has 1 aromatic carbocycles. The van der Waals surface area contributed by atoms with Gasteiger partial charge < -0.3 is 5.32 Å². The Kier molecular flexibility index (Phi) is 5.61. The van der Waals surface area contributed by atoms with Crippen LogP contribution in [-0.4, -0.2) is 10.9 Å². The SMILES string of the molecule is Cc1cc(I)cnc1NC(=O)/C=C/c1ccc(Cl)cc1Cl. The van der Waals surface area contributed by atoms with Gasteiger partial charge in [0.05, 0.1) is 0 Å². The number of nitrogens with one attached hydrogen (secondary N) is 1. The van der Waals surface area contributed by atoms with E-state index in [4.69, 9.17) is 23.2 Å². The van der Waals surface area contributed by atoms with Gasteiger partial charge in [-0.2, -0.15) is 0 Å². The Morgan fingerprint density at radius 2 is 2.10 bits per heavy atom. The van der Waals surface area contributed by atoms with Crippen molar-refractivity contribution in [3.63, 3.8) is 0 Å². The first-order valence-corrected chi connectivity index (χ1v) is 7.85. The zero-order valence-electron chi connectivity index (χ0n) is 11.0. The number of amides is 1. The topological polar surface area (TPSA) is 42.0 Å². The monoisotopic (exact) mass is 432 g/mol. The predicted molar refractivity (Wildman–Crippen MR) is 95.8 cm³/mol. The summed E-state index contributed by atoms with van der Waals surface area (Å²) in [5, 5.41) is 3.78. The van der Waals surface area contributed by atoms with E-state index < -0.39 is 0 Å².